The number of methoxy groups -OCH3 is 1. The van der Waals surface area contributed by atoms with Gasteiger partial charge in [0.15, 0.2) is 0 Å². The standard InChI is InChI=1S/C15H27NO3/c1-4-13(14(17)19-3)7-9-16-11-15(18)8-5-6-12(2)10-15/h7,12,16,18H,4-6,8-11H2,1-3H3. The molecular weight excluding hydrogens is 242 g/mol. The van der Waals surface area contributed by atoms with Crippen LogP contribution in [0.4, 0.5) is 0 Å². The number of carbonyl (C=O) groups excluding carboxylic acids is 1. The van der Waals surface area contributed by atoms with Gasteiger partial charge in [-0.3, -0.25) is 0 Å². The Bertz CT molecular complexity index is 327. The normalized spacial score (nSPS) is 28.2. The van der Waals surface area contributed by atoms with Gasteiger partial charge < -0.3 is 15.2 Å². The van der Waals surface area contributed by atoms with Crippen molar-refractivity contribution in [1.82, 2.24) is 5.32 Å². The van der Waals surface area contributed by atoms with Gasteiger partial charge in [0.25, 0.3) is 0 Å². The molecule has 0 aromatic rings. The Morgan fingerprint density at radius 1 is 1.58 bits per heavy atom. The minimum Gasteiger partial charge on any atom is -0.466 e. The third-order valence-electron chi connectivity index (χ3n) is 3.84. The zero-order chi connectivity index (χ0) is 14.3. The Hall–Kier alpha value is -0.870. The van der Waals surface area contributed by atoms with Crippen molar-refractivity contribution in [2.24, 2.45) is 5.92 Å². The van der Waals surface area contributed by atoms with E-state index < -0.39 is 5.60 Å². The Morgan fingerprint density at radius 2 is 2.32 bits per heavy atom. The van der Waals surface area contributed by atoms with Crippen LogP contribution in [-0.4, -0.2) is 36.9 Å². The molecule has 19 heavy (non-hydrogen) atoms. The molecule has 1 fully saturated rings. The van der Waals surface area contributed by atoms with Gasteiger partial charge in [0, 0.05) is 18.7 Å². The summed E-state index contributed by atoms with van der Waals surface area (Å²) in [6.07, 6.45) is 6.55. The van der Waals surface area contributed by atoms with Crippen molar-refractivity contribution >= 4 is 5.97 Å². The van der Waals surface area contributed by atoms with Gasteiger partial charge in [-0.05, 0) is 25.2 Å². The maximum atomic E-state index is 11.4. The van der Waals surface area contributed by atoms with E-state index in [-0.39, 0.29) is 5.97 Å². The van der Waals surface area contributed by atoms with Crippen LogP contribution in [0.3, 0.4) is 0 Å². The lowest BCUT2D eigenvalue weighted by atomic mass is 9.79. The van der Waals surface area contributed by atoms with Crippen molar-refractivity contribution < 1.29 is 14.6 Å². The smallest absolute Gasteiger partial charge is 0.333 e. The third-order valence-corrected chi connectivity index (χ3v) is 3.84. The summed E-state index contributed by atoms with van der Waals surface area (Å²) < 4.78 is 4.70. The molecule has 1 saturated carbocycles. The number of carbonyl (C=O) groups is 1. The molecule has 1 rings (SSSR count). The zero-order valence-electron chi connectivity index (χ0n) is 12.4. The molecule has 0 aromatic heterocycles. The van der Waals surface area contributed by atoms with Crippen LogP contribution >= 0.6 is 0 Å². The first-order valence-electron chi connectivity index (χ1n) is 7.21. The molecule has 0 spiro atoms. The lowest BCUT2D eigenvalue weighted by Gasteiger charge is -2.35. The Morgan fingerprint density at radius 3 is 2.89 bits per heavy atom. The van der Waals surface area contributed by atoms with Crippen LogP contribution in [-0.2, 0) is 9.53 Å². The van der Waals surface area contributed by atoms with E-state index in [0.717, 1.165) is 19.3 Å². The quantitative estimate of drug-likeness (QED) is 0.440. The Balaban J connectivity index is 2.37. The molecule has 4 nitrogen and oxygen atoms in total. The van der Waals surface area contributed by atoms with Crippen molar-refractivity contribution in [2.45, 2.75) is 51.6 Å². The fraction of sp³-hybridized carbons (Fsp3) is 0.800. The summed E-state index contributed by atoms with van der Waals surface area (Å²) in [5.41, 5.74) is 0.0994. The molecule has 4 heteroatoms. The van der Waals surface area contributed by atoms with Crippen molar-refractivity contribution in [3.63, 3.8) is 0 Å². The maximum Gasteiger partial charge on any atom is 0.333 e. The fourth-order valence-corrected chi connectivity index (χ4v) is 2.80. The van der Waals surface area contributed by atoms with Gasteiger partial charge in [0.05, 0.1) is 12.7 Å². The third kappa shape index (κ3) is 5.33. The summed E-state index contributed by atoms with van der Waals surface area (Å²) in [6, 6.07) is 0. The van der Waals surface area contributed by atoms with E-state index in [1.54, 1.807) is 0 Å². The second-order valence-corrected chi connectivity index (χ2v) is 5.63. The highest BCUT2D eigenvalue weighted by molar-refractivity contribution is 5.88. The molecule has 0 heterocycles. The van der Waals surface area contributed by atoms with E-state index in [2.05, 4.69) is 12.2 Å². The molecule has 0 aromatic carbocycles. The van der Waals surface area contributed by atoms with E-state index >= 15 is 0 Å². The minimum absolute atomic E-state index is 0.269. The molecule has 1 aliphatic rings. The van der Waals surface area contributed by atoms with Crippen LogP contribution in [0.5, 0.6) is 0 Å². The monoisotopic (exact) mass is 269 g/mol. The number of nitrogens with one attached hydrogen (secondary N) is 1. The average Bonchev–Trinajstić information content (AvgIpc) is 2.37. The Labute approximate surface area is 116 Å². The van der Waals surface area contributed by atoms with E-state index in [4.69, 9.17) is 4.74 Å². The molecule has 2 N–H and O–H groups in total. The molecule has 2 unspecified atom stereocenters. The molecule has 110 valence electrons. The van der Waals surface area contributed by atoms with Crippen LogP contribution in [0.25, 0.3) is 0 Å². The Kier molecular flexibility index (Phi) is 6.52. The molecule has 0 radical (unpaired) electrons. The highest BCUT2D eigenvalue weighted by Crippen LogP contribution is 2.31. The van der Waals surface area contributed by atoms with Crippen LogP contribution in [0.2, 0.25) is 0 Å². The van der Waals surface area contributed by atoms with Gasteiger partial charge in [-0.2, -0.15) is 0 Å². The first-order chi connectivity index (χ1) is 9.00. The summed E-state index contributed by atoms with van der Waals surface area (Å²) >= 11 is 0. The van der Waals surface area contributed by atoms with E-state index in [9.17, 15) is 9.90 Å². The van der Waals surface area contributed by atoms with Crippen LogP contribution in [0.1, 0.15) is 46.0 Å². The van der Waals surface area contributed by atoms with Gasteiger partial charge in [-0.25, -0.2) is 4.79 Å². The first-order valence-corrected chi connectivity index (χ1v) is 7.21. The molecular formula is C15H27NO3. The summed E-state index contributed by atoms with van der Waals surface area (Å²) in [6.45, 7) is 5.30. The van der Waals surface area contributed by atoms with Gasteiger partial charge in [-0.15, -0.1) is 0 Å². The molecule has 0 bridgehead atoms. The average molecular weight is 269 g/mol. The van der Waals surface area contributed by atoms with Crippen molar-refractivity contribution in [3.05, 3.63) is 11.6 Å². The molecule has 1 aliphatic carbocycles. The van der Waals surface area contributed by atoms with Gasteiger partial charge in [0.2, 0.25) is 0 Å². The van der Waals surface area contributed by atoms with E-state index in [1.807, 2.05) is 13.0 Å². The van der Waals surface area contributed by atoms with Gasteiger partial charge >= 0.3 is 5.97 Å². The number of hydrogen-bond donors (Lipinski definition) is 2. The highest BCUT2D eigenvalue weighted by Gasteiger charge is 2.31. The highest BCUT2D eigenvalue weighted by atomic mass is 16.5. The predicted molar refractivity (Wildman–Crippen MR) is 75.8 cm³/mol. The maximum absolute atomic E-state index is 11.4. The lowest BCUT2D eigenvalue weighted by Crippen LogP contribution is -2.44. The number of hydrogen-bond acceptors (Lipinski definition) is 4. The molecule has 2 atom stereocenters. The van der Waals surface area contributed by atoms with Crippen molar-refractivity contribution in [1.29, 1.82) is 0 Å². The summed E-state index contributed by atoms with van der Waals surface area (Å²) in [4.78, 5) is 11.4. The second kappa shape index (κ2) is 7.65. The van der Waals surface area contributed by atoms with Crippen LogP contribution < -0.4 is 5.32 Å². The largest absolute Gasteiger partial charge is 0.466 e. The van der Waals surface area contributed by atoms with Gasteiger partial charge in [-0.1, -0.05) is 32.8 Å². The first kappa shape index (κ1) is 16.2. The number of esters is 1. The van der Waals surface area contributed by atoms with E-state index in [0.29, 0.717) is 31.0 Å². The SMILES string of the molecule is CCC(=CCNCC1(O)CCCC(C)C1)C(=O)OC. The molecule has 0 aliphatic heterocycles. The van der Waals surface area contributed by atoms with E-state index in [1.165, 1.54) is 13.5 Å². The van der Waals surface area contributed by atoms with Crippen molar-refractivity contribution in [2.75, 3.05) is 20.2 Å². The summed E-state index contributed by atoms with van der Waals surface area (Å²) in [5, 5.41) is 13.7. The summed E-state index contributed by atoms with van der Waals surface area (Å²) in [7, 11) is 1.39. The number of ether oxygens (including phenoxy) is 1. The topological polar surface area (TPSA) is 58.6 Å². The lowest BCUT2D eigenvalue weighted by molar-refractivity contribution is -0.136. The van der Waals surface area contributed by atoms with Gasteiger partial charge in [0.1, 0.15) is 0 Å². The number of aliphatic hydroxyl groups is 1. The number of rotatable bonds is 6. The zero-order valence-corrected chi connectivity index (χ0v) is 12.4. The van der Waals surface area contributed by atoms with Crippen LogP contribution in [0.15, 0.2) is 11.6 Å². The molecule has 0 amide bonds. The van der Waals surface area contributed by atoms with Crippen LogP contribution in [0, 0.1) is 5.92 Å². The fourth-order valence-electron chi connectivity index (χ4n) is 2.80. The van der Waals surface area contributed by atoms with Crippen molar-refractivity contribution in [3.8, 4) is 0 Å². The predicted octanol–water partition coefficient (Wildman–Crippen LogP) is 2.03. The minimum atomic E-state index is -0.580. The molecule has 0 saturated heterocycles. The summed E-state index contributed by atoms with van der Waals surface area (Å²) in [5.74, 6) is 0.326. The second-order valence-electron chi connectivity index (χ2n) is 5.63.